The molecule has 82 valence electrons. The van der Waals surface area contributed by atoms with E-state index in [1.807, 2.05) is 20.9 Å². The second-order valence-corrected chi connectivity index (χ2v) is 4.89. The van der Waals surface area contributed by atoms with E-state index < -0.39 is 0 Å². The molecule has 0 saturated heterocycles. The van der Waals surface area contributed by atoms with Crippen molar-refractivity contribution in [2.75, 3.05) is 7.05 Å². The highest BCUT2D eigenvalue weighted by atomic mass is 16.1. The molecule has 2 heteroatoms. The minimum atomic E-state index is 0.125. The Kier molecular flexibility index (Phi) is 4.11. The first kappa shape index (κ1) is 11.7. The van der Waals surface area contributed by atoms with E-state index in [4.69, 9.17) is 0 Å². The van der Waals surface area contributed by atoms with E-state index in [0.29, 0.717) is 5.78 Å². The van der Waals surface area contributed by atoms with Crippen LogP contribution >= 0.6 is 0 Å². The number of carbonyl (C=O) groups is 1. The van der Waals surface area contributed by atoms with Gasteiger partial charge in [-0.3, -0.25) is 4.79 Å². The number of carbonyl (C=O) groups excluding carboxylic acids is 1. The minimum Gasteiger partial charge on any atom is -0.314 e. The minimum absolute atomic E-state index is 0.125. The summed E-state index contributed by atoms with van der Waals surface area (Å²) in [6.07, 6.45) is 6.93. The molecule has 0 amide bonds. The smallest absolute Gasteiger partial charge is 0.137 e. The van der Waals surface area contributed by atoms with Crippen LogP contribution in [0.15, 0.2) is 0 Å². The molecule has 1 fully saturated rings. The van der Waals surface area contributed by atoms with Crippen molar-refractivity contribution in [3.05, 3.63) is 0 Å². The fraction of sp³-hybridized carbons (Fsp3) is 0.917. The van der Waals surface area contributed by atoms with Crippen LogP contribution in [0.2, 0.25) is 0 Å². The van der Waals surface area contributed by atoms with E-state index in [1.165, 1.54) is 32.1 Å². The standard InChI is InChI=1S/C12H23NO/c1-10(2)11(14)9-12(13-3)7-5-4-6-8-12/h10,13H,4-9H2,1-3H3. The molecule has 0 aromatic rings. The maximum atomic E-state index is 11.7. The Morgan fingerprint density at radius 2 is 1.86 bits per heavy atom. The molecule has 0 radical (unpaired) electrons. The summed E-state index contributed by atoms with van der Waals surface area (Å²) < 4.78 is 0. The van der Waals surface area contributed by atoms with Crippen molar-refractivity contribution in [3.63, 3.8) is 0 Å². The van der Waals surface area contributed by atoms with Crippen LogP contribution in [0.5, 0.6) is 0 Å². The fourth-order valence-corrected chi connectivity index (χ4v) is 2.28. The van der Waals surface area contributed by atoms with Crippen molar-refractivity contribution >= 4 is 5.78 Å². The first-order valence-corrected chi connectivity index (χ1v) is 5.81. The number of ketones is 1. The van der Waals surface area contributed by atoms with Crippen LogP contribution in [0, 0.1) is 5.92 Å². The Morgan fingerprint density at radius 3 is 2.29 bits per heavy atom. The van der Waals surface area contributed by atoms with Crippen molar-refractivity contribution in [1.29, 1.82) is 0 Å². The molecule has 0 aliphatic heterocycles. The van der Waals surface area contributed by atoms with Gasteiger partial charge in [-0.05, 0) is 19.9 Å². The lowest BCUT2D eigenvalue weighted by Gasteiger charge is -2.37. The normalized spacial score (nSPS) is 21.1. The van der Waals surface area contributed by atoms with Crippen molar-refractivity contribution < 1.29 is 4.79 Å². The molecule has 0 heterocycles. The molecule has 0 unspecified atom stereocenters. The Labute approximate surface area is 87.5 Å². The van der Waals surface area contributed by atoms with Crippen LogP contribution < -0.4 is 5.32 Å². The van der Waals surface area contributed by atoms with E-state index in [0.717, 1.165) is 6.42 Å². The lowest BCUT2D eigenvalue weighted by atomic mass is 9.77. The molecule has 14 heavy (non-hydrogen) atoms. The number of nitrogens with one attached hydrogen (secondary N) is 1. The van der Waals surface area contributed by atoms with Crippen molar-refractivity contribution in [2.45, 2.75) is 57.9 Å². The zero-order chi connectivity index (χ0) is 10.6. The Morgan fingerprint density at radius 1 is 1.29 bits per heavy atom. The molecular weight excluding hydrogens is 174 g/mol. The van der Waals surface area contributed by atoms with Crippen LogP contribution in [0.1, 0.15) is 52.4 Å². The number of rotatable bonds is 4. The molecule has 1 aliphatic rings. The van der Waals surface area contributed by atoms with E-state index in [2.05, 4.69) is 5.32 Å². The molecule has 2 nitrogen and oxygen atoms in total. The van der Waals surface area contributed by atoms with E-state index in [9.17, 15) is 4.79 Å². The third-order valence-corrected chi connectivity index (χ3v) is 3.50. The summed E-state index contributed by atoms with van der Waals surface area (Å²) in [7, 11) is 2.00. The molecule has 1 rings (SSSR count). The zero-order valence-electron chi connectivity index (χ0n) is 9.73. The third kappa shape index (κ3) is 2.81. The summed E-state index contributed by atoms with van der Waals surface area (Å²) in [5.74, 6) is 0.586. The second kappa shape index (κ2) is 4.92. The number of hydrogen-bond acceptors (Lipinski definition) is 2. The Balaban J connectivity index is 2.56. The number of hydrogen-bond donors (Lipinski definition) is 1. The maximum absolute atomic E-state index is 11.7. The van der Waals surface area contributed by atoms with E-state index in [1.54, 1.807) is 0 Å². The van der Waals surface area contributed by atoms with Crippen LogP contribution in [0.4, 0.5) is 0 Å². The first-order valence-electron chi connectivity index (χ1n) is 5.81. The fourth-order valence-electron chi connectivity index (χ4n) is 2.28. The topological polar surface area (TPSA) is 29.1 Å². The predicted molar refractivity (Wildman–Crippen MR) is 59.3 cm³/mol. The van der Waals surface area contributed by atoms with Gasteiger partial charge in [0.05, 0.1) is 0 Å². The molecule has 0 aromatic carbocycles. The lowest BCUT2D eigenvalue weighted by Crippen LogP contribution is -2.46. The summed E-state index contributed by atoms with van der Waals surface area (Å²) in [5.41, 5.74) is 0.125. The zero-order valence-corrected chi connectivity index (χ0v) is 9.73. The van der Waals surface area contributed by atoms with Gasteiger partial charge < -0.3 is 5.32 Å². The average Bonchev–Trinajstić information content (AvgIpc) is 2.19. The highest BCUT2D eigenvalue weighted by Gasteiger charge is 2.32. The molecular formula is C12H23NO. The molecule has 0 aromatic heterocycles. The van der Waals surface area contributed by atoms with Gasteiger partial charge in [-0.1, -0.05) is 33.1 Å². The van der Waals surface area contributed by atoms with Crippen LogP contribution in [0.3, 0.4) is 0 Å². The summed E-state index contributed by atoms with van der Waals surface area (Å²) in [6, 6.07) is 0. The first-order chi connectivity index (χ1) is 6.59. The maximum Gasteiger partial charge on any atom is 0.137 e. The third-order valence-electron chi connectivity index (χ3n) is 3.50. The van der Waals surface area contributed by atoms with Gasteiger partial charge in [0.25, 0.3) is 0 Å². The van der Waals surface area contributed by atoms with Gasteiger partial charge in [0.2, 0.25) is 0 Å². The Bertz CT molecular complexity index is 192. The summed E-state index contributed by atoms with van der Waals surface area (Å²) >= 11 is 0. The molecule has 1 aliphatic carbocycles. The lowest BCUT2D eigenvalue weighted by molar-refractivity contribution is -0.123. The van der Waals surface area contributed by atoms with Gasteiger partial charge in [-0.2, -0.15) is 0 Å². The number of Topliss-reactive ketones (excluding diaryl/α,β-unsaturated/α-hetero) is 1. The van der Waals surface area contributed by atoms with Crippen LogP contribution in [0.25, 0.3) is 0 Å². The van der Waals surface area contributed by atoms with Crippen molar-refractivity contribution in [2.24, 2.45) is 5.92 Å². The van der Waals surface area contributed by atoms with Crippen LogP contribution in [-0.4, -0.2) is 18.4 Å². The van der Waals surface area contributed by atoms with E-state index in [-0.39, 0.29) is 11.5 Å². The van der Waals surface area contributed by atoms with Gasteiger partial charge in [0.1, 0.15) is 5.78 Å². The molecule has 0 bridgehead atoms. The largest absolute Gasteiger partial charge is 0.314 e. The van der Waals surface area contributed by atoms with Gasteiger partial charge in [0, 0.05) is 17.9 Å². The van der Waals surface area contributed by atoms with Gasteiger partial charge in [0.15, 0.2) is 0 Å². The van der Waals surface area contributed by atoms with Crippen molar-refractivity contribution in [1.82, 2.24) is 5.32 Å². The highest BCUT2D eigenvalue weighted by molar-refractivity contribution is 5.81. The predicted octanol–water partition coefficient (Wildman–Crippen LogP) is 2.52. The summed E-state index contributed by atoms with van der Waals surface area (Å²) in [5, 5.41) is 3.38. The van der Waals surface area contributed by atoms with Gasteiger partial charge in [-0.25, -0.2) is 0 Å². The van der Waals surface area contributed by atoms with Crippen molar-refractivity contribution in [3.8, 4) is 0 Å². The summed E-state index contributed by atoms with van der Waals surface area (Å²) in [6.45, 7) is 3.99. The molecule has 0 spiro atoms. The SMILES string of the molecule is CNC1(CC(=O)C(C)C)CCCCC1. The average molecular weight is 197 g/mol. The summed E-state index contributed by atoms with van der Waals surface area (Å²) in [4.78, 5) is 11.7. The molecule has 1 saturated carbocycles. The molecule has 1 N–H and O–H groups in total. The monoisotopic (exact) mass is 197 g/mol. The van der Waals surface area contributed by atoms with Gasteiger partial charge >= 0.3 is 0 Å². The highest BCUT2D eigenvalue weighted by Crippen LogP contribution is 2.31. The quantitative estimate of drug-likeness (QED) is 0.750. The molecule has 0 atom stereocenters. The van der Waals surface area contributed by atoms with Gasteiger partial charge in [-0.15, -0.1) is 0 Å². The second-order valence-electron chi connectivity index (χ2n) is 4.89. The van der Waals surface area contributed by atoms with Crippen LogP contribution in [-0.2, 0) is 4.79 Å². The Hall–Kier alpha value is -0.370. The van der Waals surface area contributed by atoms with E-state index >= 15 is 0 Å².